The van der Waals surface area contributed by atoms with Crippen LogP contribution in [0.3, 0.4) is 0 Å². The largest absolute Gasteiger partial charge is 0.362 e. The zero-order valence-corrected chi connectivity index (χ0v) is 10.8. The van der Waals surface area contributed by atoms with E-state index in [0.717, 1.165) is 11.4 Å². The Morgan fingerprint density at radius 2 is 2.32 bits per heavy atom. The molecule has 2 aromatic rings. The molecular formula is C12H16N6O. The highest BCUT2D eigenvalue weighted by Crippen LogP contribution is 2.13. The van der Waals surface area contributed by atoms with Gasteiger partial charge in [-0.05, 0) is 6.07 Å². The van der Waals surface area contributed by atoms with Crippen LogP contribution in [-0.2, 0) is 6.54 Å². The number of pyridine rings is 1. The fourth-order valence-corrected chi connectivity index (χ4v) is 1.64. The lowest BCUT2D eigenvalue weighted by Crippen LogP contribution is -2.29. The predicted octanol–water partition coefficient (Wildman–Crippen LogP) is 1.19. The van der Waals surface area contributed by atoms with Crippen molar-refractivity contribution in [2.45, 2.75) is 6.54 Å². The van der Waals surface area contributed by atoms with Gasteiger partial charge >= 0.3 is 6.03 Å². The van der Waals surface area contributed by atoms with Crippen LogP contribution in [0.5, 0.6) is 0 Å². The molecular weight excluding hydrogens is 244 g/mol. The molecule has 2 amide bonds. The fraction of sp³-hybridized carbons (Fsp3) is 0.250. The Hall–Kier alpha value is -2.57. The molecule has 0 fully saturated rings. The number of anilines is 2. The molecule has 0 unspecified atom stereocenters. The van der Waals surface area contributed by atoms with E-state index in [9.17, 15) is 4.79 Å². The number of carbonyl (C=O) groups is 1. The number of rotatable bonds is 4. The monoisotopic (exact) mass is 260 g/mol. The summed E-state index contributed by atoms with van der Waals surface area (Å²) in [4.78, 5) is 17.8. The highest BCUT2D eigenvalue weighted by Gasteiger charge is 2.07. The molecule has 0 spiro atoms. The van der Waals surface area contributed by atoms with Gasteiger partial charge in [-0.2, -0.15) is 5.10 Å². The first kappa shape index (κ1) is 12.9. The third-order valence-electron chi connectivity index (χ3n) is 2.49. The standard InChI is InChI=1S/C12H16N6O/c1-18(2)11-9(4-3-5-13-11)6-14-12(19)17-10-7-15-16-8-10/h3-5,7-8H,6H2,1-2H3,(H,15,16)(H2,14,17,19). The Kier molecular flexibility index (Phi) is 3.97. The maximum Gasteiger partial charge on any atom is 0.319 e. The summed E-state index contributed by atoms with van der Waals surface area (Å²) in [6.45, 7) is 0.408. The van der Waals surface area contributed by atoms with Crippen LogP contribution < -0.4 is 15.5 Å². The van der Waals surface area contributed by atoms with Crippen molar-refractivity contribution in [3.8, 4) is 0 Å². The van der Waals surface area contributed by atoms with Crippen molar-refractivity contribution in [3.05, 3.63) is 36.3 Å². The van der Waals surface area contributed by atoms with Crippen LogP contribution in [0.15, 0.2) is 30.7 Å². The van der Waals surface area contributed by atoms with Crippen molar-refractivity contribution in [2.75, 3.05) is 24.3 Å². The second-order valence-electron chi connectivity index (χ2n) is 4.18. The Labute approximate surface area is 111 Å². The number of hydrogen-bond donors (Lipinski definition) is 3. The van der Waals surface area contributed by atoms with E-state index in [1.54, 1.807) is 12.4 Å². The van der Waals surface area contributed by atoms with Crippen molar-refractivity contribution in [3.63, 3.8) is 0 Å². The lowest BCUT2D eigenvalue weighted by atomic mass is 10.2. The maximum atomic E-state index is 11.7. The molecule has 0 saturated heterocycles. The summed E-state index contributed by atoms with van der Waals surface area (Å²) in [6, 6.07) is 3.49. The van der Waals surface area contributed by atoms with Crippen molar-refractivity contribution >= 4 is 17.5 Å². The van der Waals surface area contributed by atoms with Crippen LogP contribution in [0.1, 0.15) is 5.56 Å². The lowest BCUT2D eigenvalue weighted by molar-refractivity contribution is 0.251. The third kappa shape index (κ3) is 3.44. The van der Waals surface area contributed by atoms with Crippen molar-refractivity contribution in [2.24, 2.45) is 0 Å². The Morgan fingerprint density at radius 3 is 3.00 bits per heavy atom. The maximum absolute atomic E-state index is 11.7. The minimum atomic E-state index is -0.282. The lowest BCUT2D eigenvalue weighted by Gasteiger charge is -2.16. The van der Waals surface area contributed by atoms with Gasteiger partial charge in [-0.1, -0.05) is 6.07 Å². The molecule has 2 rings (SSSR count). The van der Waals surface area contributed by atoms with Gasteiger partial charge in [0.1, 0.15) is 5.82 Å². The van der Waals surface area contributed by atoms with Gasteiger partial charge in [0, 0.05) is 38.6 Å². The van der Waals surface area contributed by atoms with Crippen LogP contribution in [0, 0.1) is 0 Å². The molecule has 7 heteroatoms. The average Bonchev–Trinajstić information content (AvgIpc) is 2.89. The molecule has 2 aromatic heterocycles. The molecule has 19 heavy (non-hydrogen) atoms. The number of carbonyl (C=O) groups excluding carboxylic acids is 1. The second kappa shape index (κ2) is 5.85. The summed E-state index contributed by atoms with van der Waals surface area (Å²) in [7, 11) is 3.83. The summed E-state index contributed by atoms with van der Waals surface area (Å²) >= 11 is 0. The quantitative estimate of drug-likeness (QED) is 0.770. The van der Waals surface area contributed by atoms with Gasteiger partial charge in [0.2, 0.25) is 0 Å². The number of nitrogens with one attached hydrogen (secondary N) is 3. The van der Waals surface area contributed by atoms with Crippen molar-refractivity contribution < 1.29 is 4.79 Å². The molecule has 0 aromatic carbocycles. The first-order chi connectivity index (χ1) is 9.16. The van der Waals surface area contributed by atoms with Crippen LogP contribution in [0.25, 0.3) is 0 Å². The van der Waals surface area contributed by atoms with E-state index in [0.29, 0.717) is 12.2 Å². The number of H-pyrrole nitrogens is 1. The minimum absolute atomic E-state index is 0.282. The Morgan fingerprint density at radius 1 is 1.47 bits per heavy atom. The molecule has 3 N–H and O–H groups in total. The number of urea groups is 1. The average molecular weight is 260 g/mol. The van der Waals surface area contributed by atoms with Gasteiger partial charge < -0.3 is 15.5 Å². The summed E-state index contributed by atoms with van der Waals surface area (Å²) in [5.74, 6) is 0.839. The first-order valence-corrected chi connectivity index (χ1v) is 5.81. The molecule has 100 valence electrons. The topological polar surface area (TPSA) is 85.9 Å². The van der Waals surface area contributed by atoms with E-state index >= 15 is 0 Å². The van der Waals surface area contributed by atoms with Crippen LogP contribution >= 0.6 is 0 Å². The normalized spacial score (nSPS) is 10.0. The molecule has 0 aliphatic rings. The van der Waals surface area contributed by atoms with Gasteiger partial charge in [0.25, 0.3) is 0 Å². The number of aromatic nitrogens is 3. The van der Waals surface area contributed by atoms with E-state index in [2.05, 4.69) is 25.8 Å². The Balaban J connectivity index is 1.93. The van der Waals surface area contributed by atoms with E-state index < -0.39 is 0 Å². The smallest absolute Gasteiger partial charge is 0.319 e. The summed E-state index contributed by atoms with van der Waals surface area (Å²) in [6.07, 6.45) is 4.87. The van der Waals surface area contributed by atoms with Crippen molar-refractivity contribution in [1.29, 1.82) is 0 Å². The molecule has 0 saturated carbocycles. The van der Waals surface area contributed by atoms with Crippen LogP contribution in [-0.4, -0.2) is 35.3 Å². The van der Waals surface area contributed by atoms with Gasteiger partial charge in [0.05, 0.1) is 11.9 Å². The zero-order valence-electron chi connectivity index (χ0n) is 10.8. The van der Waals surface area contributed by atoms with Crippen LogP contribution in [0.4, 0.5) is 16.3 Å². The molecule has 0 aliphatic carbocycles. The zero-order chi connectivity index (χ0) is 13.7. The van der Waals surface area contributed by atoms with E-state index in [4.69, 9.17) is 0 Å². The Bertz CT molecular complexity index is 537. The summed E-state index contributed by atoms with van der Waals surface area (Å²) in [5.41, 5.74) is 1.58. The number of hydrogen-bond acceptors (Lipinski definition) is 4. The minimum Gasteiger partial charge on any atom is -0.362 e. The highest BCUT2D eigenvalue weighted by atomic mass is 16.2. The third-order valence-corrected chi connectivity index (χ3v) is 2.49. The van der Waals surface area contributed by atoms with Gasteiger partial charge in [-0.25, -0.2) is 9.78 Å². The van der Waals surface area contributed by atoms with Gasteiger partial charge in [-0.3, -0.25) is 5.10 Å². The van der Waals surface area contributed by atoms with Gasteiger partial charge in [-0.15, -0.1) is 0 Å². The fourth-order valence-electron chi connectivity index (χ4n) is 1.64. The predicted molar refractivity (Wildman–Crippen MR) is 73.0 cm³/mol. The molecule has 7 nitrogen and oxygen atoms in total. The van der Waals surface area contributed by atoms with E-state index in [1.807, 2.05) is 31.1 Å². The molecule has 0 aliphatic heterocycles. The van der Waals surface area contributed by atoms with Gasteiger partial charge in [0.15, 0.2) is 0 Å². The summed E-state index contributed by atoms with van der Waals surface area (Å²) < 4.78 is 0. The summed E-state index contributed by atoms with van der Waals surface area (Å²) in [5, 5.41) is 11.8. The molecule has 0 atom stereocenters. The highest BCUT2D eigenvalue weighted by molar-refractivity contribution is 5.88. The first-order valence-electron chi connectivity index (χ1n) is 5.81. The molecule has 2 heterocycles. The van der Waals surface area contributed by atoms with E-state index in [-0.39, 0.29) is 6.03 Å². The molecule has 0 bridgehead atoms. The molecule has 0 radical (unpaired) electrons. The van der Waals surface area contributed by atoms with E-state index in [1.165, 1.54) is 6.20 Å². The SMILES string of the molecule is CN(C)c1ncccc1CNC(=O)Nc1cn[nH]c1. The van der Waals surface area contributed by atoms with Crippen LogP contribution in [0.2, 0.25) is 0 Å². The second-order valence-corrected chi connectivity index (χ2v) is 4.18. The number of amides is 2. The number of aromatic amines is 1. The van der Waals surface area contributed by atoms with Crippen molar-refractivity contribution in [1.82, 2.24) is 20.5 Å². The number of nitrogens with zero attached hydrogens (tertiary/aromatic N) is 3.